The number of benzene rings is 1. The zero-order valence-electron chi connectivity index (χ0n) is 14.7. The molecular formula is C18H24N6O. The van der Waals surface area contributed by atoms with Gasteiger partial charge in [0.25, 0.3) is 0 Å². The Bertz CT molecular complexity index is 762. The minimum absolute atomic E-state index is 0.00118. The van der Waals surface area contributed by atoms with Crippen molar-refractivity contribution < 1.29 is 4.74 Å². The molecule has 2 aromatic rings. The average molecular weight is 340 g/mol. The molecule has 132 valence electrons. The van der Waals surface area contributed by atoms with Gasteiger partial charge in [0.2, 0.25) is 5.95 Å². The first kappa shape index (κ1) is 15.3. The lowest BCUT2D eigenvalue weighted by Crippen LogP contribution is -2.40. The zero-order chi connectivity index (χ0) is 17.0. The van der Waals surface area contributed by atoms with Crippen molar-refractivity contribution in [1.82, 2.24) is 25.1 Å². The molecule has 3 saturated heterocycles. The summed E-state index contributed by atoms with van der Waals surface area (Å²) in [5.41, 5.74) is 0.992. The van der Waals surface area contributed by atoms with Crippen molar-refractivity contribution in [2.75, 3.05) is 38.6 Å². The van der Waals surface area contributed by atoms with Gasteiger partial charge in [-0.05, 0) is 49.5 Å². The largest absolute Gasteiger partial charge is 0.369 e. The van der Waals surface area contributed by atoms with Crippen molar-refractivity contribution in [2.24, 2.45) is 11.8 Å². The lowest BCUT2D eigenvalue weighted by molar-refractivity contribution is 0.0136. The lowest BCUT2D eigenvalue weighted by atomic mass is 9.73. The minimum atomic E-state index is -0.00118. The predicted octanol–water partition coefficient (Wildman–Crippen LogP) is 1.21. The van der Waals surface area contributed by atoms with Crippen molar-refractivity contribution in [3.05, 3.63) is 30.3 Å². The van der Waals surface area contributed by atoms with Gasteiger partial charge in [0.1, 0.15) is 0 Å². The van der Waals surface area contributed by atoms with Gasteiger partial charge in [-0.1, -0.05) is 23.3 Å². The Hall–Kier alpha value is -1.99. The van der Waals surface area contributed by atoms with Gasteiger partial charge in [0.05, 0.1) is 23.9 Å². The molecule has 1 spiro atoms. The van der Waals surface area contributed by atoms with Gasteiger partial charge in [-0.25, -0.2) is 0 Å². The van der Waals surface area contributed by atoms with E-state index in [0.29, 0.717) is 17.9 Å². The van der Waals surface area contributed by atoms with E-state index in [2.05, 4.69) is 39.4 Å². The molecule has 4 atom stereocenters. The van der Waals surface area contributed by atoms with E-state index in [1.165, 1.54) is 6.42 Å². The smallest absolute Gasteiger partial charge is 0.250 e. The normalized spacial score (nSPS) is 33.4. The highest BCUT2D eigenvalue weighted by atomic mass is 16.5. The number of ether oxygens (including phenoxy) is 1. The molecule has 0 unspecified atom stereocenters. The molecule has 1 aromatic carbocycles. The molecule has 0 radical (unpaired) electrons. The fourth-order valence-corrected chi connectivity index (χ4v) is 5.12. The molecule has 3 fully saturated rings. The van der Waals surface area contributed by atoms with Crippen LogP contribution in [0.3, 0.4) is 0 Å². The van der Waals surface area contributed by atoms with Crippen LogP contribution in [-0.4, -0.2) is 70.5 Å². The number of tetrazole rings is 1. The highest BCUT2D eigenvalue weighted by Crippen LogP contribution is 2.55. The summed E-state index contributed by atoms with van der Waals surface area (Å²) in [7, 11) is 4.31. The van der Waals surface area contributed by atoms with E-state index in [9.17, 15) is 0 Å². The number of aromatic nitrogens is 4. The first-order valence-corrected chi connectivity index (χ1v) is 9.08. The molecule has 3 aliphatic heterocycles. The molecule has 7 nitrogen and oxygen atoms in total. The summed E-state index contributed by atoms with van der Waals surface area (Å²) in [6, 6.07) is 10.1. The SMILES string of the molecule is CN(C)C[C@H]1[C@H]2CN(c3nnnn3-c3ccccc3)C[C@]23CC[C@H]1O3. The summed E-state index contributed by atoms with van der Waals surface area (Å²) in [5, 5.41) is 12.5. The van der Waals surface area contributed by atoms with Gasteiger partial charge in [-0.2, -0.15) is 4.68 Å². The molecule has 5 rings (SSSR count). The Morgan fingerprint density at radius 3 is 2.92 bits per heavy atom. The molecule has 3 aliphatic rings. The molecule has 0 saturated carbocycles. The summed E-state index contributed by atoms with van der Waals surface area (Å²) >= 11 is 0. The van der Waals surface area contributed by atoms with E-state index in [1.807, 2.05) is 35.0 Å². The van der Waals surface area contributed by atoms with Crippen LogP contribution in [0, 0.1) is 11.8 Å². The summed E-state index contributed by atoms with van der Waals surface area (Å²) in [4.78, 5) is 4.61. The van der Waals surface area contributed by atoms with Crippen molar-refractivity contribution in [3.63, 3.8) is 0 Å². The summed E-state index contributed by atoms with van der Waals surface area (Å²) in [5.74, 6) is 2.00. The van der Waals surface area contributed by atoms with Crippen LogP contribution in [0.25, 0.3) is 5.69 Å². The Kier molecular flexibility index (Phi) is 3.36. The second-order valence-corrected chi connectivity index (χ2v) is 7.90. The number of anilines is 1. The molecule has 2 bridgehead atoms. The third-order valence-corrected chi connectivity index (χ3v) is 6.10. The van der Waals surface area contributed by atoms with E-state index < -0.39 is 0 Å². The van der Waals surface area contributed by atoms with Crippen LogP contribution in [0.15, 0.2) is 30.3 Å². The third kappa shape index (κ3) is 2.29. The van der Waals surface area contributed by atoms with Gasteiger partial charge >= 0.3 is 0 Å². The number of fused-ring (bicyclic) bond motifs is 1. The standard InChI is InChI=1S/C18H24N6O/c1-22(2)10-14-15-11-23(12-18(15)9-8-16(14)25-18)17-19-20-21-24(17)13-6-4-3-5-7-13/h3-7,14-16H,8-12H2,1-2H3/t14-,15+,16+,18+/m0/s1. The second-order valence-electron chi connectivity index (χ2n) is 7.90. The molecular weight excluding hydrogens is 316 g/mol. The Balaban J connectivity index is 1.44. The lowest BCUT2D eigenvalue weighted by Gasteiger charge is -2.30. The number of hydrogen-bond acceptors (Lipinski definition) is 6. The fraction of sp³-hybridized carbons (Fsp3) is 0.611. The molecule has 7 heteroatoms. The van der Waals surface area contributed by atoms with Crippen LogP contribution in [0.5, 0.6) is 0 Å². The predicted molar refractivity (Wildman–Crippen MR) is 93.7 cm³/mol. The summed E-state index contributed by atoms with van der Waals surface area (Å²) in [6.45, 7) is 2.96. The van der Waals surface area contributed by atoms with E-state index in [-0.39, 0.29) is 5.60 Å². The maximum Gasteiger partial charge on any atom is 0.250 e. The third-order valence-electron chi connectivity index (χ3n) is 6.10. The highest BCUT2D eigenvalue weighted by Gasteiger charge is 2.63. The van der Waals surface area contributed by atoms with Crippen LogP contribution in [0.4, 0.5) is 5.95 Å². The molecule has 0 aliphatic carbocycles. The van der Waals surface area contributed by atoms with Crippen molar-refractivity contribution >= 4 is 5.95 Å². The Morgan fingerprint density at radius 1 is 1.28 bits per heavy atom. The maximum atomic E-state index is 6.53. The minimum Gasteiger partial charge on any atom is -0.369 e. The number of nitrogens with zero attached hydrogens (tertiary/aromatic N) is 6. The number of rotatable bonds is 4. The van der Waals surface area contributed by atoms with Crippen LogP contribution in [0.2, 0.25) is 0 Å². The molecule has 25 heavy (non-hydrogen) atoms. The molecule has 1 aromatic heterocycles. The highest BCUT2D eigenvalue weighted by molar-refractivity contribution is 5.43. The second kappa shape index (κ2) is 5.51. The monoisotopic (exact) mass is 340 g/mol. The molecule has 0 N–H and O–H groups in total. The van der Waals surface area contributed by atoms with Crippen molar-refractivity contribution in [1.29, 1.82) is 0 Å². The van der Waals surface area contributed by atoms with E-state index in [4.69, 9.17) is 4.74 Å². The number of para-hydroxylation sites is 1. The van der Waals surface area contributed by atoms with Crippen LogP contribution in [-0.2, 0) is 4.74 Å². The maximum absolute atomic E-state index is 6.53. The average Bonchev–Trinajstić information content (AvgIpc) is 3.35. The summed E-state index contributed by atoms with van der Waals surface area (Å²) < 4.78 is 8.36. The zero-order valence-corrected chi connectivity index (χ0v) is 14.7. The Morgan fingerprint density at radius 2 is 2.12 bits per heavy atom. The quantitative estimate of drug-likeness (QED) is 0.834. The van der Waals surface area contributed by atoms with Gasteiger partial charge in [-0.15, -0.1) is 0 Å². The van der Waals surface area contributed by atoms with Gasteiger partial charge < -0.3 is 14.5 Å². The van der Waals surface area contributed by atoms with Gasteiger partial charge in [0, 0.05) is 24.9 Å². The van der Waals surface area contributed by atoms with Crippen molar-refractivity contribution in [2.45, 2.75) is 24.5 Å². The van der Waals surface area contributed by atoms with Crippen molar-refractivity contribution in [3.8, 4) is 5.69 Å². The first-order valence-electron chi connectivity index (χ1n) is 9.08. The molecule has 4 heterocycles. The number of hydrogen-bond donors (Lipinski definition) is 0. The fourth-order valence-electron chi connectivity index (χ4n) is 5.12. The van der Waals surface area contributed by atoms with E-state index >= 15 is 0 Å². The van der Waals surface area contributed by atoms with Crippen LogP contribution >= 0.6 is 0 Å². The van der Waals surface area contributed by atoms with E-state index in [1.54, 1.807) is 0 Å². The van der Waals surface area contributed by atoms with Crippen LogP contribution < -0.4 is 4.90 Å². The van der Waals surface area contributed by atoms with Gasteiger partial charge in [0.15, 0.2) is 0 Å². The van der Waals surface area contributed by atoms with Crippen LogP contribution in [0.1, 0.15) is 12.8 Å². The molecule has 0 amide bonds. The van der Waals surface area contributed by atoms with E-state index in [0.717, 1.165) is 37.7 Å². The first-order chi connectivity index (χ1) is 12.2. The van der Waals surface area contributed by atoms with Gasteiger partial charge in [-0.3, -0.25) is 0 Å². The Labute approximate surface area is 147 Å². The summed E-state index contributed by atoms with van der Waals surface area (Å²) in [6.07, 6.45) is 2.78. The topological polar surface area (TPSA) is 59.3 Å².